The van der Waals surface area contributed by atoms with Crippen molar-refractivity contribution in [2.75, 3.05) is 0 Å². The minimum absolute atomic E-state index is 0.286. The smallest absolute Gasteiger partial charge is 0.228 e. The molecule has 0 fully saturated rings. The second-order valence-corrected chi connectivity index (χ2v) is 5.73. The Labute approximate surface area is 134 Å². The molecule has 0 radical (unpaired) electrons. The van der Waals surface area contributed by atoms with Crippen LogP contribution in [0.1, 0.15) is 11.6 Å². The molecule has 108 valence electrons. The number of nitrogens with zero attached hydrogens (tertiary/aromatic N) is 4. The Morgan fingerprint density at radius 2 is 2.05 bits per heavy atom. The Morgan fingerprint density at radius 3 is 2.71 bits per heavy atom. The highest BCUT2D eigenvalue weighted by molar-refractivity contribution is 14.1. The number of hydrogen-bond donors (Lipinski definition) is 0. The molecule has 2 aromatic heterocycles. The van der Waals surface area contributed by atoms with Gasteiger partial charge in [0.15, 0.2) is 0 Å². The van der Waals surface area contributed by atoms with Crippen LogP contribution in [0.25, 0.3) is 11.4 Å². The molecule has 0 unspecified atom stereocenters. The molecule has 0 saturated carbocycles. The van der Waals surface area contributed by atoms with Crippen LogP contribution in [0.15, 0.2) is 35.0 Å². The van der Waals surface area contributed by atoms with Gasteiger partial charge in [-0.25, -0.2) is 4.39 Å². The summed E-state index contributed by atoms with van der Waals surface area (Å²) in [4.78, 5) is 4.32. The molecule has 2 heterocycles. The first-order valence-electron chi connectivity index (χ1n) is 6.40. The van der Waals surface area contributed by atoms with Gasteiger partial charge in [0.1, 0.15) is 5.82 Å². The molecule has 1 aromatic carbocycles. The monoisotopic (exact) mass is 398 g/mol. The highest BCUT2D eigenvalue weighted by Crippen LogP contribution is 2.17. The van der Waals surface area contributed by atoms with E-state index in [4.69, 9.17) is 4.52 Å². The van der Waals surface area contributed by atoms with Gasteiger partial charge in [-0.1, -0.05) is 5.16 Å². The molecule has 5 nitrogen and oxygen atoms in total. The topological polar surface area (TPSA) is 56.7 Å². The van der Waals surface area contributed by atoms with Crippen LogP contribution in [-0.4, -0.2) is 19.9 Å². The third-order valence-corrected chi connectivity index (χ3v) is 4.21. The van der Waals surface area contributed by atoms with E-state index in [9.17, 15) is 4.39 Å². The summed E-state index contributed by atoms with van der Waals surface area (Å²) in [5, 5.41) is 8.20. The molecule has 0 N–H and O–H groups in total. The maximum absolute atomic E-state index is 12.9. The van der Waals surface area contributed by atoms with E-state index in [-0.39, 0.29) is 5.82 Å². The van der Waals surface area contributed by atoms with Crippen molar-refractivity contribution in [3.05, 3.63) is 51.4 Å². The van der Waals surface area contributed by atoms with Crippen molar-refractivity contribution in [1.29, 1.82) is 0 Å². The van der Waals surface area contributed by atoms with Gasteiger partial charge in [-0.15, -0.1) is 0 Å². The van der Waals surface area contributed by atoms with Gasteiger partial charge in [-0.05, 0) is 53.8 Å². The summed E-state index contributed by atoms with van der Waals surface area (Å²) in [6.45, 7) is 2.70. The highest BCUT2D eigenvalue weighted by Gasteiger charge is 2.10. The van der Waals surface area contributed by atoms with Crippen molar-refractivity contribution in [2.24, 2.45) is 0 Å². The van der Waals surface area contributed by atoms with Crippen molar-refractivity contribution in [1.82, 2.24) is 19.9 Å². The van der Waals surface area contributed by atoms with Crippen molar-refractivity contribution in [3.8, 4) is 11.4 Å². The van der Waals surface area contributed by atoms with Gasteiger partial charge < -0.3 is 4.52 Å². The van der Waals surface area contributed by atoms with E-state index in [0.717, 1.165) is 14.8 Å². The average Bonchev–Trinajstić information content (AvgIpc) is 3.07. The van der Waals surface area contributed by atoms with Gasteiger partial charge in [0.25, 0.3) is 0 Å². The second kappa shape index (κ2) is 5.92. The van der Waals surface area contributed by atoms with Crippen molar-refractivity contribution < 1.29 is 8.91 Å². The first-order valence-corrected chi connectivity index (χ1v) is 7.48. The van der Waals surface area contributed by atoms with E-state index in [1.165, 1.54) is 12.1 Å². The van der Waals surface area contributed by atoms with E-state index in [0.29, 0.717) is 24.7 Å². The number of hydrogen-bond acceptors (Lipinski definition) is 4. The second-order valence-electron chi connectivity index (χ2n) is 4.57. The quantitative estimate of drug-likeness (QED) is 0.634. The third kappa shape index (κ3) is 3.12. The summed E-state index contributed by atoms with van der Waals surface area (Å²) >= 11 is 2.25. The minimum atomic E-state index is -0.286. The van der Waals surface area contributed by atoms with Gasteiger partial charge in [0.05, 0.1) is 16.3 Å². The van der Waals surface area contributed by atoms with Gasteiger partial charge in [0, 0.05) is 17.7 Å². The number of halogens is 2. The van der Waals surface area contributed by atoms with E-state index in [1.54, 1.807) is 12.1 Å². The normalized spacial score (nSPS) is 11.0. The molecule has 0 atom stereocenters. The molecular formula is C14H12FIN4O. The number of benzene rings is 1. The van der Waals surface area contributed by atoms with E-state index < -0.39 is 0 Å². The molecular weight excluding hydrogens is 386 g/mol. The molecule has 0 aliphatic rings. The Morgan fingerprint density at radius 1 is 1.29 bits per heavy atom. The van der Waals surface area contributed by atoms with E-state index in [2.05, 4.69) is 37.8 Å². The minimum Gasteiger partial charge on any atom is -0.339 e. The van der Waals surface area contributed by atoms with E-state index >= 15 is 0 Å². The SMILES string of the molecule is Cc1c(I)cnn1CCc1nc(-c2ccc(F)cc2)no1. The average molecular weight is 398 g/mol. The lowest BCUT2D eigenvalue weighted by molar-refractivity contribution is 0.368. The molecule has 0 bridgehead atoms. The standard InChI is InChI=1S/C14H12FIN4O/c1-9-12(16)8-17-20(9)7-6-13-18-14(19-21-13)10-2-4-11(15)5-3-10/h2-5,8H,6-7H2,1H3. The number of aryl methyl sites for hydroxylation is 2. The summed E-state index contributed by atoms with van der Waals surface area (Å²) in [6, 6.07) is 6.01. The predicted molar refractivity (Wildman–Crippen MR) is 83.1 cm³/mol. The van der Waals surface area contributed by atoms with Gasteiger partial charge in [-0.3, -0.25) is 4.68 Å². The molecule has 0 aliphatic carbocycles. The Bertz CT molecular complexity index is 751. The molecule has 21 heavy (non-hydrogen) atoms. The summed E-state index contributed by atoms with van der Waals surface area (Å²) in [5.41, 5.74) is 1.85. The molecule has 0 spiro atoms. The largest absolute Gasteiger partial charge is 0.339 e. The predicted octanol–water partition coefficient (Wildman–Crippen LogP) is 3.23. The van der Waals surface area contributed by atoms with Crippen LogP contribution in [0.4, 0.5) is 4.39 Å². The van der Waals surface area contributed by atoms with Gasteiger partial charge in [0.2, 0.25) is 11.7 Å². The van der Waals surface area contributed by atoms with Crippen LogP contribution in [0.2, 0.25) is 0 Å². The van der Waals surface area contributed by atoms with Crippen molar-refractivity contribution in [2.45, 2.75) is 19.9 Å². The zero-order valence-electron chi connectivity index (χ0n) is 11.3. The summed E-state index contributed by atoms with van der Waals surface area (Å²) in [6.07, 6.45) is 2.43. The maximum atomic E-state index is 12.9. The third-order valence-electron chi connectivity index (χ3n) is 3.15. The Balaban J connectivity index is 1.70. The lowest BCUT2D eigenvalue weighted by atomic mass is 10.2. The van der Waals surface area contributed by atoms with Crippen LogP contribution in [-0.2, 0) is 13.0 Å². The van der Waals surface area contributed by atoms with Crippen molar-refractivity contribution in [3.63, 3.8) is 0 Å². The van der Waals surface area contributed by atoms with Crippen LogP contribution >= 0.6 is 22.6 Å². The summed E-state index contributed by atoms with van der Waals surface area (Å²) in [7, 11) is 0. The lowest BCUT2D eigenvalue weighted by Gasteiger charge is -2.01. The Hall–Kier alpha value is -1.77. The lowest BCUT2D eigenvalue weighted by Crippen LogP contribution is -2.05. The van der Waals surface area contributed by atoms with Crippen LogP contribution in [0.5, 0.6) is 0 Å². The molecule has 3 aromatic rings. The molecule has 7 heteroatoms. The fraction of sp³-hybridized carbons (Fsp3) is 0.214. The number of rotatable bonds is 4. The van der Waals surface area contributed by atoms with Gasteiger partial charge >= 0.3 is 0 Å². The molecule has 0 saturated heterocycles. The molecule has 0 amide bonds. The van der Waals surface area contributed by atoms with Crippen LogP contribution in [0, 0.1) is 16.3 Å². The van der Waals surface area contributed by atoms with Crippen LogP contribution < -0.4 is 0 Å². The van der Waals surface area contributed by atoms with Gasteiger partial charge in [-0.2, -0.15) is 10.1 Å². The summed E-state index contributed by atoms with van der Waals surface area (Å²) < 4.78 is 21.1. The Kier molecular flexibility index (Phi) is 4.00. The maximum Gasteiger partial charge on any atom is 0.228 e. The molecule has 0 aliphatic heterocycles. The number of aromatic nitrogens is 4. The summed E-state index contributed by atoms with van der Waals surface area (Å²) in [5.74, 6) is 0.724. The highest BCUT2D eigenvalue weighted by atomic mass is 127. The van der Waals surface area contributed by atoms with Crippen LogP contribution in [0.3, 0.4) is 0 Å². The zero-order chi connectivity index (χ0) is 14.8. The molecule has 3 rings (SSSR count). The first-order chi connectivity index (χ1) is 10.1. The zero-order valence-corrected chi connectivity index (χ0v) is 13.4. The first kappa shape index (κ1) is 14.2. The fourth-order valence-corrected chi connectivity index (χ4v) is 2.33. The van der Waals surface area contributed by atoms with E-state index in [1.807, 2.05) is 17.8 Å². The van der Waals surface area contributed by atoms with Crippen molar-refractivity contribution >= 4 is 22.6 Å². The fourth-order valence-electron chi connectivity index (χ4n) is 1.92.